The van der Waals surface area contributed by atoms with Crippen LogP contribution in [0.25, 0.3) is 0 Å². The van der Waals surface area contributed by atoms with Crippen molar-refractivity contribution in [2.45, 2.75) is 39.2 Å². The molecule has 0 heterocycles. The van der Waals surface area contributed by atoms with E-state index in [2.05, 4.69) is 24.5 Å². The van der Waals surface area contributed by atoms with Crippen molar-refractivity contribution in [3.05, 3.63) is 29.3 Å². The molecule has 0 spiro atoms. The first-order valence-corrected chi connectivity index (χ1v) is 9.26. The number of benzene rings is 1. The zero-order valence-corrected chi connectivity index (χ0v) is 16.0. The van der Waals surface area contributed by atoms with Gasteiger partial charge in [0.2, 0.25) is 11.8 Å². The molecule has 0 bridgehead atoms. The summed E-state index contributed by atoms with van der Waals surface area (Å²) in [6.07, 6.45) is 3.44. The van der Waals surface area contributed by atoms with Crippen LogP contribution in [0.3, 0.4) is 0 Å². The summed E-state index contributed by atoms with van der Waals surface area (Å²) in [4.78, 5) is 26.0. The Balaban J connectivity index is 1.75. The van der Waals surface area contributed by atoms with Gasteiger partial charge in [-0.1, -0.05) is 38.3 Å². The number of hydrogen-bond acceptors (Lipinski definition) is 3. The number of halogens is 1. The maximum absolute atomic E-state index is 12.3. The van der Waals surface area contributed by atoms with Crippen LogP contribution in [0, 0.1) is 11.8 Å². The molecule has 1 aromatic carbocycles. The van der Waals surface area contributed by atoms with Crippen molar-refractivity contribution in [2.24, 2.45) is 11.8 Å². The molecule has 1 aliphatic rings. The number of carbonyl (C=O) groups is 2. The summed E-state index contributed by atoms with van der Waals surface area (Å²) in [7, 11) is 1.77. The van der Waals surface area contributed by atoms with Gasteiger partial charge in [0.05, 0.1) is 13.1 Å². The third-order valence-corrected chi connectivity index (χ3v) is 5.26. The molecule has 2 rings (SSSR count). The van der Waals surface area contributed by atoms with Crippen molar-refractivity contribution in [1.29, 1.82) is 0 Å². The quantitative estimate of drug-likeness (QED) is 0.814. The maximum Gasteiger partial charge on any atom is 0.238 e. The van der Waals surface area contributed by atoms with E-state index < -0.39 is 0 Å². The Bertz CT molecular complexity index is 591. The van der Waals surface area contributed by atoms with E-state index in [9.17, 15) is 9.59 Å². The molecular formula is C19H28ClN3O2. The van der Waals surface area contributed by atoms with Crippen LogP contribution in [0.5, 0.6) is 0 Å². The van der Waals surface area contributed by atoms with Crippen molar-refractivity contribution in [2.75, 3.05) is 25.5 Å². The Hall–Kier alpha value is -1.59. The van der Waals surface area contributed by atoms with Crippen molar-refractivity contribution in [1.82, 2.24) is 10.2 Å². The molecule has 0 aromatic heterocycles. The van der Waals surface area contributed by atoms with Gasteiger partial charge in [0, 0.05) is 16.8 Å². The Morgan fingerprint density at radius 3 is 2.44 bits per heavy atom. The smallest absolute Gasteiger partial charge is 0.238 e. The lowest BCUT2D eigenvalue weighted by Gasteiger charge is -2.34. The average Bonchev–Trinajstić information content (AvgIpc) is 2.53. The number of nitrogens with one attached hydrogen (secondary N) is 2. The summed E-state index contributed by atoms with van der Waals surface area (Å²) in [6.45, 7) is 4.83. The van der Waals surface area contributed by atoms with E-state index in [0.29, 0.717) is 22.5 Å². The first-order valence-electron chi connectivity index (χ1n) is 8.88. The average molecular weight is 366 g/mol. The van der Waals surface area contributed by atoms with E-state index in [-0.39, 0.29) is 30.9 Å². The van der Waals surface area contributed by atoms with E-state index in [1.807, 2.05) is 0 Å². The molecule has 6 heteroatoms. The highest BCUT2D eigenvalue weighted by atomic mass is 35.5. The van der Waals surface area contributed by atoms with Gasteiger partial charge < -0.3 is 10.6 Å². The van der Waals surface area contributed by atoms with Gasteiger partial charge in [-0.25, -0.2) is 0 Å². The third-order valence-electron chi connectivity index (χ3n) is 5.01. The molecule has 0 saturated heterocycles. The molecule has 0 radical (unpaired) electrons. The highest BCUT2D eigenvalue weighted by Gasteiger charge is 2.28. The van der Waals surface area contributed by atoms with Crippen molar-refractivity contribution < 1.29 is 9.59 Å². The van der Waals surface area contributed by atoms with E-state index in [1.54, 1.807) is 36.2 Å². The SMILES string of the molecule is C[C@H]1[C@H](C)CCC[C@H]1NC(=O)CN(C)CC(=O)Nc1ccc(Cl)cc1. The molecule has 1 fully saturated rings. The Morgan fingerprint density at radius 1 is 1.12 bits per heavy atom. The minimum absolute atomic E-state index is 0.0206. The molecular weight excluding hydrogens is 338 g/mol. The van der Waals surface area contributed by atoms with Crippen LogP contribution < -0.4 is 10.6 Å². The summed E-state index contributed by atoms with van der Waals surface area (Å²) >= 11 is 5.82. The van der Waals surface area contributed by atoms with Gasteiger partial charge in [0.1, 0.15) is 0 Å². The topological polar surface area (TPSA) is 61.4 Å². The number of likely N-dealkylation sites (N-methyl/N-ethyl adjacent to an activating group) is 1. The Labute approximate surface area is 155 Å². The second kappa shape index (κ2) is 9.20. The molecule has 3 atom stereocenters. The summed E-state index contributed by atoms with van der Waals surface area (Å²) in [6, 6.07) is 7.19. The van der Waals surface area contributed by atoms with Crippen molar-refractivity contribution in [3.63, 3.8) is 0 Å². The van der Waals surface area contributed by atoms with Gasteiger partial charge in [0.25, 0.3) is 0 Å². The molecule has 0 unspecified atom stereocenters. The number of amides is 2. The zero-order valence-electron chi connectivity index (χ0n) is 15.2. The molecule has 2 N–H and O–H groups in total. The fourth-order valence-electron chi connectivity index (χ4n) is 3.32. The summed E-state index contributed by atoms with van der Waals surface area (Å²) in [5.41, 5.74) is 0.692. The van der Waals surface area contributed by atoms with E-state index in [1.165, 1.54) is 6.42 Å². The van der Waals surface area contributed by atoms with Crippen molar-refractivity contribution in [3.8, 4) is 0 Å². The molecule has 0 aliphatic heterocycles. The number of hydrogen-bond donors (Lipinski definition) is 2. The van der Waals surface area contributed by atoms with Gasteiger partial charge in [-0.05, 0) is 49.6 Å². The standard InChI is InChI=1S/C19H28ClN3O2/c1-13-5-4-6-17(14(13)2)22-19(25)12-23(3)11-18(24)21-16-9-7-15(20)8-10-16/h7-10,13-14,17H,4-6,11-12H2,1-3H3,(H,21,24)(H,22,25)/t13-,14+,17-/m1/s1. The zero-order chi connectivity index (χ0) is 18.4. The number of nitrogens with zero attached hydrogens (tertiary/aromatic N) is 1. The second-order valence-corrected chi connectivity index (χ2v) is 7.61. The fourth-order valence-corrected chi connectivity index (χ4v) is 3.44. The molecule has 25 heavy (non-hydrogen) atoms. The molecule has 5 nitrogen and oxygen atoms in total. The van der Waals surface area contributed by atoms with Gasteiger partial charge in [-0.3, -0.25) is 14.5 Å². The summed E-state index contributed by atoms with van der Waals surface area (Å²) < 4.78 is 0. The lowest BCUT2D eigenvalue weighted by molar-refractivity contribution is -0.124. The predicted molar refractivity (Wildman–Crippen MR) is 102 cm³/mol. The van der Waals surface area contributed by atoms with Crippen molar-refractivity contribution >= 4 is 29.1 Å². The summed E-state index contributed by atoms with van der Waals surface area (Å²) in [5.74, 6) is 0.961. The van der Waals surface area contributed by atoms with Crippen LogP contribution in [0.1, 0.15) is 33.1 Å². The van der Waals surface area contributed by atoms with Crippen LogP contribution in [0.15, 0.2) is 24.3 Å². The van der Waals surface area contributed by atoms with E-state index >= 15 is 0 Å². The Morgan fingerprint density at radius 2 is 1.76 bits per heavy atom. The highest BCUT2D eigenvalue weighted by Crippen LogP contribution is 2.29. The van der Waals surface area contributed by atoms with Gasteiger partial charge >= 0.3 is 0 Å². The molecule has 2 amide bonds. The van der Waals surface area contributed by atoms with Crippen LogP contribution in [-0.4, -0.2) is 42.9 Å². The number of carbonyl (C=O) groups excluding carboxylic acids is 2. The minimum Gasteiger partial charge on any atom is -0.352 e. The lowest BCUT2D eigenvalue weighted by atomic mass is 9.78. The molecule has 1 saturated carbocycles. The van der Waals surface area contributed by atoms with Crippen LogP contribution in [0.4, 0.5) is 5.69 Å². The molecule has 1 aliphatic carbocycles. The monoisotopic (exact) mass is 365 g/mol. The third kappa shape index (κ3) is 6.33. The maximum atomic E-state index is 12.3. The normalized spacial score (nSPS) is 23.3. The number of rotatable bonds is 6. The van der Waals surface area contributed by atoms with Gasteiger partial charge in [-0.2, -0.15) is 0 Å². The fraction of sp³-hybridized carbons (Fsp3) is 0.579. The second-order valence-electron chi connectivity index (χ2n) is 7.17. The minimum atomic E-state index is -0.155. The van der Waals surface area contributed by atoms with Crippen LogP contribution in [0.2, 0.25) is 5.02 Å². The van der Waals surface area contributed by atoms with E-state index in [0.717, 1.165) is 12.8 Å². The lowest BCUT2D eigenvalue weighted by Crippen LogP contribution is -2.47. The first kappa shape index (κ1) is 19.7. The largest absolute Gasteiger partial charge is 0.352 e. The van der Waals surface area contributed by atoms with E-state index in [4.69, 9.17) is 11.6 Å². The molecule has 1 aromatic rings. The predicted octanol–water partition coefficient (Wildman–Crippen LogP) is 3.15. The van der Waals surface area contributed by atoms with Crippen LogP contribution >= 0.6 is 11.6 Å². The highest BCUT2D eigenvalue weighted by molar-refractivity contribution is 6.30. The van der Waals surface area contributed by atoms with Gasteiger partial charge in [-0.15, -0.1) is 0 Å². The number of anilines is 1. The summed E-state index contributed by atoms with van der Waals surface area (Å²) in [5, 5.41) is 6.55. The van der Waals surface area contributed by atoms with Gasteiger partial charge in [0.15, 0.2) is 0 Å². The van der Waals surface area contributed by atoms with Crippen LogP contribution in [-0.2, 0) is 9.59 Å². The molecule has 138 valence electrons. The Kier molecular flexibility index (Phi) is 7.26. The first-order chi connectivity index (χ1) is 11.8.